The van der Waals surface area contributed by atoms with Crippen LogP contribution in [0.5, 0.6) is 0 Å². The SMILES string of the molecule is c1ccc(-c2ccc(N(c3ccc(-c4cccc5ccccc45)cc3)c3cc4ccccc4c4sc5ccc6c7ccccc7oc6c5c34)cc2)cc1. The standard InChI is InChI=1S/C50H31NOS/c1-2-11-32(12-3-1)33-21-25-37(26-22-33)51(38-27-23-35(24-28-38)40-19-10-15-34-13-4-6-16-39(34)40)44-31-36-14-5-7-17-41(36)50-47(44)48-46(53-50)30-29-43-42-18-8-9-20-45(42)52-49(43)48/h1-31H. The average Bonchev–Trinajstić information content (AvgIpc) is 3.81. The molecular formula is C50H31NOS. The third kappa shape index (κ3) is 4.78. The van der Waals surface area contributed by atoms with E-state index < -0.39 is 0 Å². The molecule has 3 heteroatoms. The van der Waals surface area contributed by atoms with Crippen LogP contribution in [0.3, 0.4) is 0 Å². The second-order valence-electron chi connectivity index (χ2n) is 13.7. The first kappa shape index (κ1) is 30.0. The van der Waals surface area contributed by atoms with Crippen molar-refractivity contribution in [1.29, 1.82) is 0 Å². The van der Waals surface area contributed by atoms with Gasteiger partial charge in [0.2, 0.25) is 0 Å². The Balaban J connectivity index is 1.19. The van der Waals surface area contributed by atoms with Crippen LogP contribution in [-0.2, 0) is 0 Å². The number of para-hydroxylation sites is 1. The maximum Gasteiger partial charge on any atom is 0.144 e. The molecule has 2 nitrogen and oxygen atoms in total. The van der Waals surface area contributed by atoms with E-state index in [0.29, 0.717) is 0 Å². The van der Waals surface area contributed by atoms with Crippen molar-refractivity contribution in [3.05, 3.63) is 188 Å². The Kier molecular flexibility index (Phi) is 6.76. The molecular weight excluding hydrogens is 663 g/mol. The first-order valence-corrected chi connectivity index (χ1v) is 18.8. The summed E-state index contributed by atoms with van der Waals surface area (Å²) in [7, 11) is 0. The molecule has 53 heavy (non-hydrogen) atoms. The summed E-state index contributed by atoms with van der Waals surface area (Å²) in [6, 6.07) is 67.9. The molecule has 0 bridgehead atoms. The topological polar surface area (TPSA) is 16.4 Å². The smallest absolute Gasteiger partial charge is 0.144 e. The zero-order valence-electron chi connectivity index (χ0n) is 28.7. The zero-order chi connectivity index (χ0) is 34.9. The Morgan fingerprint density at radius 3 is 1.83 bits per heavy atom. The van der Waals surface area contributed by atoms with E-state index in [1.54, 1.807) is 0 Å². The molecule has 11 aromatic rings. The van der Waals surface area contributed by atoms with Crippen LogP contribution in [-0.4, -0.2) is 0 Å². The fraction of sp³-hybridized carbons (Fsp3) is 0. The van der Waals surface area contributed by atoms with Crippen LogP contribution in [0.1, 0.15) is 0 Å². The predicted octanol–water partition coefficient (Wildman–Crippen LogP) is 15.1. The van der Waals surface area contributed by atoms with Gasteiger partial charge in [-0.1, -0.05) is 140 Å². The van der Waals surface area contributed by atoms with Crippen molar-refractivity contribution in [2.24, 2.45) is 0 Å². The number of nitrogens with zero attached hydrogens (tertiary/aromatic N) is 1. The van der Waals surface area contributed by atoms with Gasteiger partial charge in [0.1, 0.15) is 11.2 Å². The zero-order valence-corrected chi connectivity index (χ0v) is 29.5. The van der Waals surface area contributed by atoms with Gasteiger partial charge in [-0.05, 0) is 92.3 Å². The van der Waals surface area contributed by atoms with Crippen molar-refractivity contribution < 1.29 is 4.42 Å². The number of furan rings is 1. The highest BCUT2D eigenvalue weighted by Crippen LogP contribution is 2.51. The molecule has 0 aliphatic rings. The molecule has 11 rings (SSSR count). The van der Waals surface area contributed by atoms with Gasteiger partial charge in [0.05, 0.1) is 5.69 Å². The number of thiophene rings is 1. The molecule has 248 valence electrons. The molecule has 0 atom stereocenters. The Morgan fingerprint density at radius 1 is 0.415 bits per heavy atom. The van der Waals surface area contributed by atoms with Crippen molar-refractivity contribution in [1.82, 2.24) is 0 Å². The third-order valence-corrected chi connectivity index (χ3v) is 11.8. The number of benzene rings is 9. The summed E-state index contributed by atoms with van der Waals surface area (Å²) in [6.07, 6.45) is 0. The van der Waals surface area contributed by atoms with Crippen LogP contribution in [0, 0.1) is 0 Å². The molecule has 0 aliphatic heterocycles. The van der Waals surface area contributed by atoms with Gasteiger partial charge in [0.15, 0.2) is 0 Å². The lowest BCUT2D eigenvalue weighted by Gasteiger charge is -2.27. The van der Waals surface area contributed by atoms with Crippen molar-refractivity contribution >= 4 is 92.1 Å². The summed E-state index contributed by atoms with van der Waals surface area (Å²) in [4.78, 5) is 2.43. The molecule has 0 aliphatic carbocycles. The van der Waals surface area contributed by atoms with E-state index in [-0.39, 0.29) is 0 Å². The Bertz CT molecular complexity index is 3150. The molecule has 0 amide bonds. The molecule has 0 unspecified atom stereocenters. The van der Waals surface area contributed by atoms with E-state index >= 15 is 0 Å². The minimum Gasteiger partial charge on any atom is -0.455 e. The van der Waals surface area contributed by atoms with E-state index in [0.717, 1.165) is 44.4 Å². The van der Waals surface area contributed by atoms with Crippen molar-refractivity contribution in [2.45, 2.75) is 0 Å². The monoisotopic (exact) mass is 693 g/mol. The summed E-state index contributed by atoms with van der Waals surface area (Å²) in [5.41, 5.74) is 9.98. The normalized spacial score (nSPS) is 11.8. The predicted molar refractivity (Wildman–Crippen MR) is 227 cm³/mol. The summed E-state index contributed by atoms with van der Waals surface area (Å²) in [6.45, 7) is 0. The highest BCUT2D eigenvalue weighted by molar-refractivity contribution is 7.27. The Morgan fingerprint density at radius 2 is 1.04 bits per heavy atom. The Labute approximate surface area is 310 Å². The number of anilines is 3. The maximum absolute atomic E-state index is 6.74. The van der Waals surface area contributed by atoms with Crippen LogP contribution in [0.2, 0.25) is 0 Å². The molecule has 0 radical (unpaired) electrons. The van der Waals surface area contributed by atoms with Crippen LogP contribution < -0.4 is 4.90 Å². The highest BCUT2D eigenvalue weighted by Gasteiger charge is 2.24. The van der Waals surface area contributed by atoms with Gasteiger partial charge in [-0.2, -0.15) is 0 Å². The summed E-state index contributed by atoms with van der Waals surface area (Å²) in [5.74, 6) is 0. The third-order valence-electron chi connectivity index (χ3n) is 10.7. The van der Waals surface area contributed by atoms with Gasteiger partial charge in [0, 0.05) is 42.3 Å². The number of fused-ring (bicyclic) bond motifs is 10. The molecule has 2 heterocycles. The fourth-order valence-electron chi connectivity index (χ4n) is 8.15. The van der Waals surface area contributed by atoms with Crippen LogP contribution in [0.15, 0.2) is 192 Å². The van der Waals surface area contributed by atoms with E-state index in [9.17, 15) is 0 Å². The van der Waals surface area contributed by atoms with Gasteiger partial charge >= 0.3 is 0 Å². The fourth-order valence-corrected chi connectivity index (χ4v) is 9.41. The quantitative estimate of drug-likeness (QED) is 0.178. The molecule has 0 spiro atoms. The maximum atomic E-state index is 6.74. The molecule has 0 fully saturated rings. The van der Waals surface area contributed by atoms with Crippen molar-refractivity contribution in [2.75, 3.05) is 4.90 Å². The van der Waals surface area contributed by atoms with Gasteiger partial charge < -0.3 is 9.32 Å². The summed E-state index contributed by atoms with van der Waals surface area (Å²) < 4.78 is 9.22. The van der Waals surface area contributed by atoms with E-state index in [1.807, 2.05) is 11.3 Å². The molecule has 0 saturated carbocycles. The molecule has 2 aromatic heterocycles. The minimum absolute atomic E-state index is 0.911. The largest absolute Gasteiger partial charge is 0.455 e. The van der Waals surface area contributed by atoms with Crippen LogP contribution in [0.4, 0.5) is 17.1 Å². The van der Waals surface area contributed by atoms with Crippen molar-refractivity contribution in [3.8, 4) is 22.3 Å². The first-order chi connectivity index (χ1) is 26.3. The van der Waals surface area contributed by atoms with Crippen LogP contribution >= 0.6 is 11.3 Å². The van der Waals surface area contributed by atoms with Gasteiger partial charge in [-0.3, -0.25) is 0 Å². The van der Waals surface area contributed by atoms with Gasteiger partial charge in [-0.25, -0.2) is 0 Å². The van der Waals surface area contributed by atoms with E-state index in [1.165, 1.54) is 58.6 Å². The second kappa shape index (κ2) is 11.9. The molecule has 9 aromatic carbocycles. The van der Waals surface area contributed by atoms with Gasteiger partial charge in [-0.15, -0.1) is 11.3 Å². The number of rotatable bonds is 5. The highest BCUT2D eigenvalue weighted by atomic mass is 32.1. The van der Waals surface area contributed by atoms with Crippen molar-refractivity contribution in [3.63, 3.8) is 0 Å². The number of hydrogen-bond acceptors (Lipinski definition) is 3. The lowest BCUT2D eigenvalue weighted by atomic mass is 9.97. The molecule has 0 saturated heterocycles. The van der Waals surface area contributed by atoms with E-state index in [2.05, 4.69) is 193 Å². The second-order valence-corrected chi connectivity index (χ2v) is 14.7. The minimum atomic E-state index is 0.911. The van der Waals surface area contributed by atoms with Crippen LogP contribution in [0.25, 0.3) is 85.9 Å². The number of hydrogen-bond donors (Lipinski definition) is 0. The summed E-state index contributed by atoms with van der Waals surface area (Å²) >= 11 is 1.85. The Hall–Kier alpha value is -6.68. The van der Waals surface area contributed by atoms with Gasteiger partial charge in [0.25, 0.3) is 0 Å². The van der Waals surface area contributed by atoms with E-state index in [4.69, 9.17) is 4.42 Å². The summed E-state index contributed by atoms with van der Waals surface area (Å²) in [5, 5.41) is 9.62. The first-order valence-electron chi connectivity index (χ1n) is 18.0. The lowest BCUT2D eigenvalue weighted by Crippen LogP contribution is -2.10. The average molecular weight is 694 g/mol. The molecule has 0 N–H and O–H groups in total. The lowest BCUT2D eigenvalue weighted by molar-refractivity contribution is 0.673.